The molecule has 2 aliphatic heterocycles. The Balaban J connectivity index is 1.21. The molecule has 8 rings (SSSR count). The molecule has 0 radical (unpaired) electrons. The fraction of sp³-hybridized carbons (Fsp3) is 0.216. The topological polar surface area (TPSA) is 50.0 Å². The molecule has 0 amide bonds. The molecule has 3 aromatic rings. The monoisotopic (exact) mass is 533 g/mol. The molecule has 200 valence electrons. The van der Waals surface area contributed by atoms with E-state index in [0.717, 1.165) is 48.3 Å². The highest BCUT2D eigenvalue weighted by Gasteiger charge is 2.41. The summed E-state index contributed by atoms with van der Waals surface area (Å²) < 4.78 is 9.18. The average Bonchev–Trinajstić information content (AvgIpc) is 3.57. The van der Waals surface area contributed by atoms with Gasteiger partial charge in [-0.3, -0.25) is 0 Å². The Labute approximate surface area is 241 Å². The lowest BCUT2D eigenvalue weighted by Crippen LogP contribution is -2.39. The lowest BCUT2D eigenvalue weighted by Gasteiger charge is -2.26. The van der Waals surface area contributed by atoms with Gasteiger partial charge in [0.2, 0.25) is 0 Å². The van der Waals surface area contributed by atoms with Crippen molar-refractivity contribution in [3.63, 3.8) is 0 Å². The molecule has 0 saturated heterocycles. The molecule has 5 aliphatic rings. The van der Waals surface area contributed by atoms with Crippen LogP contribution < -0.4 is 5.32 Å². The molecule has 4 nitrogen and oxygen atoms in total. The van der Waals surface area contributed by atoms with Crippen LogP contribution in [0.1, 0.15) is 47.8 Å². The fourth-order valence-corrected chi connectivity index (χ4v) is 7.10. The average molecular weight is 534 g/mol. The highest BCUT2D eigenvalue weighted by Crippen LogP contribution is 2.49. The van der Waals surface area contributed by atoms with Crippen molar-refractivity contribution in [2.75, 3.05) is 0 Å². The molecular weight excluding hydrogens is 502 g/mol. The maximum absolute atomic E-state index is 9.63. The number of nitrogens with one attached hydrogen (secondary N) is 1. The Bertz CT molecular complexity index is 1840. The summed E-state index contributed by atoms with van der Waals surface area (Å²) in [6.07, 6.45) is 23.6. The maximum atomic E-state index is 9.63. The van der Waals surface area contributed by atoms with Crippen LogP contribution >= 0.6 is 0 Å². The van der Waals surface area contributed by atoms with Gasteiger partial charge in [0, 0.05) is 39.8 Å². The number of hydrogen-bond donors (Lipinski definition) is 1. The number of allylic oxidation sites excluding steroid dienone is 5. The fourth-order valence-electron chi connectivity index (χ4n) is 7.10. The zero-order chi connectivity index (χ0) is 27.6. The minimum atomic E-state index is -0.705. The second kappa shape index (κ2) is 9.14. The Morgan fingerprint density at radius 2 is 1.78 bits per heavy atom. The van der Waals surface area contributed by atoms with Crippen LogP contribution in [-0.4, -0.2) is 16.2 Å². The van der Waals surface area contributed by atoms with Crippen molar-refractivity contribution < 1.29 is 4.74 Å². The van der Waals surface area contributed by atoms with E-state index in [4.69, 9.17) is 4.74 Å². The summed E-state index contributed by atoms with van der Waals surface area (Å²) in [5.41, 5.74) is 11.7. The smallest absolute Gasteiger partial charge is 0.141 e. The van der Waals surface area contributed by atoms with Gasteiger partial charge >= 0.3 is 0 Å². The number of aromatic nitrogens is 1. The quantitative estimate of drug-likeness (QED) is 0.376. The Hall–Kier alpha value is -4.75. The molecule has 3 heterocycles. The predicted molar refractivity (Wildman–Crippen MR) is 165 cm³/mol. The summed E-state index contributed by atoms with van der Waals surface area (Å²) in [5.74, 6) is 1.48. The third kappa shape index (κ3) is 3.80. The van der Waals surface area contributed by atoms with Crippen LogP contribution in [0, 0.1) is 17.2 Å². The molecule has 2 aromatic carbocycles. The van der Waals surface area contributed by atoms with Crippen LogP contribution in [-0.2, 0) is 17.6 Å². The molecule has 41 heavy (non-hydrogen) atoms. The highest BCUT2D eigenvalue weighted by molar-refractivity contribution is 5.82. The summed E-state index contributed by atoms with van der Waals surface area (Å²) >= 11 is 0. The van der Waals surface area contributed by atoms with Crippen LogP contribution in [0.25, 0.3) is 34.3 Å². The molecule has 3 atom stereocenters. The SMILES string of the molecule is C[C@@]1(C#N)C=CC=C(c2cccc(-c3cccc(-n4c5c(c6c4CCC4=C6OC6C=CC=C[C@@H]46)C=CCC5)c3)c2)N1. The van der Waals surface area contributed by atoms with E-state index < -0.39 is 5.54 Å². The first-order valence-electron chi connectivity index (χ1n) is 14.6. The van der Waals surface area contributed by atoms with E-state index in [2.05, 4.69) is 101 Å². The van der Waals surface area contributed by atoms with E-state index in [9.17, 15) is 5.26 Å². The van der Waals surface area contributed by atoms with Gasteiger partial charge in [-0.2, -0.15) is 5.26 Å². The van der Waals surface area contributed by atoms with E-state index in [-0.39, 0.29) is 6.10 Å². The molecule has 1 N–H and O–H groups in total. The summed E-state index contributed by atoms with van der Waals surface area (Å²) in [6, 6.07) is 19.9. The predicted octanol–water partition coefficient (Wildman–Crippen LogP) is 7.68. The normalized spacial score (nSPS) is 24.9. The minimum absolute atomic E-state index is 0.119. The van der Waals surface area contributed by atoms with Crippen LogP contribution in [0.2, 0.25) is 0 Å². The maximum Gasteiger partial charge on any atom is 0.141 e. The van der Waals surface area contributed by atoms with E-state index in [1.165, 1.54) is 39.3 Å². The zero-order valence-corrected chi connectivity index (χ0v) is 23.1. The second-order valence-corrected chi connectivity index (χ2v) is 11.7. The Morgan fingerprint density at radius 1 is 0.951 bits per heavy atom. The molecule has 1 unspecified atom stereocenters. The molecule has 0 fully saturated rings. The van der Waals surface area contributed by atoms with Crippen LogP contribution in [0.4, 0.5) is 0 Å². The molecule has 0 spiro atoms. The van der Waals surface area contributed by atoms with Crippen molar-refractivity contribution >= 4 is 17.5 Å². The van der Waals surface area contributed by atoms with Crippen LogP contribution in [0.15, 0.2) is 103 Å². The van der Waals surface area contributed by atoms with Gasteiger partial charge in [0.05, 0.1) is 6.07 Å². The summed E-state index contributed by atoms with van der Waals surface area (Å²) in [5, 5.41) is 13.0. The van der Waals surface area contributed by atoms with Gasteiger partial charge in [-0.1, -0.05) is 66.8 Å². The van der Waals surface area contributed by atoms with Crippen molar-refractivity contribution in [2.24, 2.45) is 5.92 Å². The first-order chi connectivity index (χ1) is 20.1. The molecule has 0 bridgehead atoms. The van der Waals surface area contributed by atoms with Crippen molar-refractivity contribution in [1.82, 2.24) is 9.88 Å². The van der Waals surface area contributed by atoms with Crippen LogP contribution in [0.5, 0.6) is 0 Å². The van der Waals surface area contributed by atoms with Gasteiger partial charge in [-0.05, 0) is 91.3 Å². The van der Waals surface area contributed by atoms with Gasteiger partial charge in [-0.25, -0.2) is 0 Å². The lowest BCUT2D eigenvalue weighted by molar-refractivity contribution is 0.212. The lowest BCUT2D eigenvalue weighted by atomic mass is 9.83. The third-order valence-electron chi connectivity index (χ3n) is 9.06. The molecule has 0 saturated carbocycles. The van der Waals surface area contributed by atoms with E-state index >= 15 is 0 Å². The number of rotatable bonds is 3. The van der Waals surface area contributed by atoms with Gasteiger partial charge in [0.25, 0.3) is 0 Å². The number of nitrogens with zero attached hydrogens (tertiary/aromatic N) is 2. The van der Waals surface area contributed by atoms with Crippen molar-refractivity contribution in [1.29, 1.82) is 5.26 Å². The Kier molecular flexibility index (Phi) is 5.37. The van der Waals surface area contributed by atoms with E-state index in [0.29, 0.717) is 5.92 Å². The first kappa shape index (κ1) is 24.1. The second-order valence-electron chi connectivity index (χ2n) is 11.7. The summed E-state index contributed by atoms with van der Waals surface area (Å²) in [4.78, 5) is 0. The number of hydrogen-bond acceptors (Lipinski definition) is 3. The number of nitriles is 1. The van der Waals surface area contributed by atoms with E-state index in [1.54, 1.807) is 0 Å². The van der Waals surface area contributed by atoms with Gasteiger partial charge < -0.3 is 14.6 Å². The van der Waals surface area contributed by atoms with Crippen LogP contribution in [0.3, 0.4) is 0 Å². The number of fused-ring (bicyclic) bond motifs is 6. The molecule has 1 aromatic heterocycles. The minimum Gasteiger partial charge on any atom is -0.485 e. The standard InChI is InChI=1S/C37H31N3O/c1-37(23-38)20-8-15-31(39-37)26-11-6-9-24(21-26)25-10-7-12-27(22-25)40-32-16-4-2-14-30(32)35-33(40)19-18-29-28-13-3-5-17-34(28)41-36(29)35/h2-3,5-15,17,20-22,28,34,39H,4,16,18-19H2,1H3/t28-,34?,37-/m0/s1. The largest absolute Gasteiger partial charge is 0.485 e. The zero-order valence-electron chi connectivity index (χ0n) is 23.1. The third-order valence-corrected chi connectivity index (χ3v) is 9.06. The van der Waals surface area contributed by atoms with Gasteiger partial charge in [0.1, 0.15) is 17.4 Å². The van der Waals surface area contributed by atoms with Crippen molar-refractivity contribution in [2.45, 2.75) is 44.2 Å². The number of ether oxygens (including phenoxy) is 1. The number of dihydropyridines is 1. The van der Waals surface area contributed by atoms with Crippen molar-refractivity contribution in [3.05, 3.63) is 131 Å². The first-order valence-corrected chi connectivity index (χ1v) is 14.6. The number of benzene rings is 2. The Morgan fingerprint density at radius 3 is 2.68 bits per heavy atom. The molecular formula is C37H31N3O. The molecule has 3 aliphatic carbocycles. The molecule has 4 heteroatoms. The summed E-state index contributed by atoms with van der Waals surface area (Å²) in [7, 11) is 0. The van der Waals surface area contributed by atoms with Gasteiger partial charge in [-0.15, -0.1) is 0 Å². The highest BCUT2D eigenvalue weighted by atomic mass is 16.5. The van der Waals surface area contributed by atoms with Gasteiger partial charge in [0.15, 0.2) is 0 Å². The van der Waals surface area contributed by atoms with Crippen molar-refractivity contribution in [3.8, 4) is 22.9 Å². The summed E-state index contributed by atoms with van der Waals surface area (Å²) in [6.45, 7) is 1.90. The van der Waals surface area contributed by atoms with E-state index in [1.807, 2.05) is 25.2 Å².